The van der Waals surface area contributed by atoms with E-state index in [0.29, 0.717) is 18.1 Å². The summed E-state index contributed by atoms with van der Waals surface area (Å²) >= 11 is 0. The molecule has 4 heteroatoms. The number of carbonyl (C=O) groups excluding carboxylic acids is 1. The van der Waals surface area contributed by atoms with Gasteiger partial charge >= 0.3 is 5.97 Å². The standard InChI is InChI=1S/C26H29O3P/c1-2-3-15-23(29-26(27)22-13-7-4-8-14-22)20-21-30(28,24-16-9-5-10-17-24)25-18-11-6-12-19-25/h4-14,16-19,23H,2-3,15,20-21H2,1H3/t23-/m1/s1. The van der Waals surface area contributed by atoms with Gasteiger partial charge in [-0.05, 0) is 25.0 Å². The monoisotopic (exact) mass is 420 g/mol. The van der Waals surface area contributed by atoms with Gasteiger partial charge in [-0.15, -0.1) is 0 Å². The van der Waals surface area contributed by atoms with Gasteiger partial charge in [-0.25, -0.2) is 4.79 Å². The topological polar surface area (TPSA) is 43.4 Å². The quantitative estimate of drug-likeness (QED) is 0.307. The molecule has 0 aliphatic heterocycles. The van der Waals surface area contributed by atoms with Crippen molar-refractivity contribution in [2.75, 3.05) is 6.16 Å². The first-order valence-electron chi connectivity index (χ1n) is 10.6. The van der Waals surface area contributed by atoms with E-state index in [0.717, 1.165) is 29.9 Å². The molecule has 3 aromatic rings. The van der Waals surface area contributed by atoms with Gasteiger partial charge in [0.15, 0.2) is 0 Å². The van der Waals surface area contributed by atoms with Crippen LogP contribution in [-0.2, 0) is 9.30 Å². The van der Waals surface area contributed by atoms with Gasteiger partial charge in [0.05, 0.1) is 5.56 Å². The molecule has 30 heavy (non-hydrogen) atoms. The van der Waals surface area contributed by atoms with Gasteiger partial charge < -0.3 is 9.30 Å². The molecule has 0 amide bonds. The van der Waals surface area contributed by atoms with Crippen molar-refractivity contribution in [3.8, 4) is 0 Å². The Bertz CT molecular complexity index is 912. The van der Waals surface area contributed by atoms with E-state index in [1.165, 1.54) is 0 Å². The predicted octanol–water partition coefficient (Wildman–Crippen LogP) is 5.81. The number of rotatable bonds is 10. The van der Waals surface area contributed by atoms with Crippen molar-refractivity contribution < 1.29 is 14.1 Å². The van der Waals surface area contributed by atoms with Crippen LogP contribution < -0.4 is 10.6 Å². The number of benzene rings is 3. The summed E-state index contributed by atoms with van der Waals surface area (Å²) in [6.07, 6.45) is 3.55. The second-order valence-electron chi connectivity index (χ2n) is 7.46. The van der Waals surface area contributed by atoms with E-state index >= 15 is 0 Å². The molecule has 3 aromatic carbocycles. The molecule has 0 fully saturated rings. The highest BCUT2D eigenvalue weighted by molar-refractivity contribution is 7.78. The lowest BCUT2D eigenvalue weighted by Crippen LogP contribution is -2.24. The molecule has 0 radical (unpaired) electrons. The summed E-state index contributed by atoms with van der Waals surface area (Å²) in [6, 6.07) is 28.4. The lowest BCUT2D eigenvalue weighted by molar-refractivity contribution is 0.0270. The Morgan fingerprint density at radius 2 is 1.30 bits per heavy atom. The first kappa shape index (κ1) is 22.1. The molecule has 3 rings (SSSR count). The number of carbonyl (C=O) groups is 1. The molecule has 0 aromatic heterocycles. The van der Waals surface area contributed by atoms with Crippen LogP contribution in [0, 0.1) is 0 Å². The van der Waals surface area contributed by atoms with Crippen molar-refractivity contribution in [2.45, 2.75) is 38.7 Å². The summed E-state index contributed by atoms with van der Waals surface area (Å²) in [7, 11) is -2.82. The summed E-state index contributed by atoms with van der Waals surface area (Å²) in [5, 5.41) is 1.69. The molecule has 0 saturated heterocycles. The van der Waals surface area contributed by atoms with Gasteiger partial charge in [0.2, 0.25) is 0 Å². The second-order valence-corrected chi connectivity index (χ2v) is 10.4. The fourth-order valence-electron chi connectivity index (χ4n) is 3.56. The van der Waals surface area contributed by atoms with E-state index in [1.807, 2.05) is 78.9 Å². The molecule has 3 nitrogen and oxygen atoms in total. The Labute approximate surface area is 179 Å². The van der Waals surface area contributed by atoms with Gasteiger partial charge in [-0.2, -0.15) is 0 Å². The molecular formula is C26H29O3P. The van der Waals surface area contributed by atoms with E-state index in [4.69, 9.17) is 4.74 Å². The van der Waals surface area contributed by atoms with E-state index in [2.05, 4.69) is 6.92 Å². The van der Waals surface area contributed by atoms with Crippen molar-refractivity contribution in [3.63, 3.8) is 0 Å². The van der Waals surface area contributed by atoms with Crippen LogP contribution in [0.2, 0.25) is 0 Å². The Morgan fingerprint density at radius 3 is 1.80 bits per heavy atom. The van der Waals surface area contributed by atoms with E-state index in [-0.39, 0.29) is 12.1 Å². The maximum Gasteiger partial charge on any atom is 0.338 e. The maximum atomic E-state index is 14.2. The van der Waals surface area contributed by atoms with Crippen LogP contribution in [0.15, 0.2) is 91.0 Å². The van der Waals surface area contributed by atoms with Crippen LogP contribution in [0.4, 0.5) is 0 Å². The normalized spacial score (nSPS) is 12.3. The summed E-state index contributed by atoms with van der Waals surface area (Å²) in [5.41, 5.74) is 0.549. The molecule has 0 saturated carbocycles. The van der Waals surface area contributed by atoms with E-state index in [1.54, 1.807) is 12.1 Å². The van der Waals surface area contributed by atoms with Crippen molar-refractivity contribution >= 4 is 23.7 Å². The Balaban J connectivity index is 1.80. The molecule has 1 atom stereocenters. The summed E-state index contributed by atoms with van der Waals surface area (Å²) in [6.45, 7) is 2.12. The second kappa shape index (κ2) is 10.9. The summed E-state index contributed by atoms with van der Waals surface area (Å²) in [4.78, 5) is 12.6. The average molecular weight is 420 g/mol. The van der Waals surface area contributed by atoms with Gasteiger partial charge in [0.1, 0.15) is 13.2 Å². The highest BCUT2D eigenvalue weighted by atomic mass is 31.2. The molecule has 156 valence electrons. The lowest BCUT2D eigenvalue weighted by atomic mass is 10.1. The van der Waals surface area contributed by atoms with Crippen molar-refractivity contribution in [1.82, 2.24) is 0 Å². The minimum Gasteiger partial charge on any atom is -0.459 e. The largest absolute Gasteiger partial charge is 0.459 e. The smallest absolute Gasteiger partial charge is 0.338 e. The molecule has 0 spiro atoms. The highest BCUT2D eigenvalue weighted by Gasteiger charge is 2.29. The number of hydrogen-bond donors (Lipinski definition) is 0. The number of esters is 1. The molecular weight excluding hydrogens is 391 g/mol. The fraction of sp³-hybridized carbons (Fsp3) is 0.269. The molecule has 0 N–H and O–H groups in total. The van der Waals surface area contributed by atoms with E-state index < -0.39 is 7.14 Å². The maximum absolute atomic E-state index is 14.2. The van der Waals surface area contributed by atoms with Gasteiger partial charge in [0.25, 0.3) is 0 Å². The molecule has 0 bridgehead atoms. The molecule has 0 aliphatic rings. The van der Waals surface area contributed by atoms with Gasteiger partial charge in [-0.1, -0.05) is 98.6 Å². The zero-order valence-corrected chi connectivity index (χ0v) is 18.3. The Morgan fingerprint density at radius 1 is 0.800 bits per heavy atom. The molecule has 0 aliphatic carbocycles. The number of ether oxygens (including phenoxy) is 1. The number of hydrogen-bond acceptors (Lipinski definition) is 3. The van der Waals surface area contributed by atoms with Gasteiger partial charge in [-0.3, -0.25) is 0 Å². The Kier molecular flexibility index (Phi) is 8.04. The Hall–Kier alpha value is -2.64. The minimum atomic E-state index is -2.82. The van der Waals surface area contributed by atoms with Crippen LogP contribution in [0.1, 0.15) is 43.0 Å². The zero-order valence-electron chi connectivity index (χ0n) is 17.4. The summed E-state index contributed by atoms with van der Waals surface area (Å²) in [5.74, 6) is -0.314. The third kappa shape index (κ3) is 5.70. The summed E-state index contributed by atoms with van der Waals surface area (Å²) < 4.78 is 20.1. The van der Waals surface area contributed by atoms with Crippen LogP contribution in [0.25, 0.3) is 0 Å². The first-order valence-corrected chi connectivity index (χ1v) is 12.5. The van der Waals surface area contributed by atoms with E-state index in [9.17, 15) is 9.36 Å². The third-order valence-electron chi connectivity index (χ3n) is 5.28. The fourth-order valence-corrected chi connectivity index (χ4v) is 6.33. The van der Waals surface area contributed by atoms with Crippen molar-refractivity contribution in [2.24, 2.45) is 0 Å². The van der Waals surface area contributed by atoms with Gasteiger partial charge in [0, 0.05) is 16.8 Å². The molecule has 0 heterocycles. The van der Waals surface area contributed by atoms with Crippen LogP contribution in [0.3, 0.4) is 0 Å². The van der Waals surface area contributed by atoms with Crippen molar-refractivity contribution in [1.29, 1.82) is 0 Å². The third-order valence-corrected chi connectivity index (χ3v) is 8.43. The SMILES string of the molecule is CCCC[C@H](CCP(=O)(c1ccccc1)c1ccccc1)OC(=O)c1ccccc1. The average Bonchev–Trinajstić information content (AvgIpc) is 2.82. The number of unbranched alkanes of at least 4 members (excludes halogenated alkanes) is 1. The minimum absolute atomic E-state index is 0.251. The molecule has 0 unspecified atom stereocenters. The first-order chi connectivity index (χ1) is 14.6. The van der Waals surface area contributed by atoms with Crippen molar-refractivity contribution in [3.05, 3.63) is 96.6 Å². The highest BCUT2D eigenvalue weighted by Crippen LogP contribution is 2.44. The van der Waals surface area contributed by atoms with Crippen LogP contribution >= 0.6 is 7.14 Å². The predicted molar refractivity (Wildman–Crippen MR) is 124 cm³/mol. The van der Waals surface area contributed by atoms with Crippen LogP contribution in [0.5, 0.6) is 0 Å². The zero-order chi connectivity index (χ0) is 21.2. The lowest BCUT2D eigenvalue weighted by Gasteiger charge is -2.23. The van der Waals surface area contributed by atoms with Crippen LogP contribution in [-0.4, -0.2) is 18.2 Å².